The Labute approximate surface area is 419 Å². The number of hydrogen-bond acceptors (Lipinski definition) is 0. The van der Waals surface area contributed by atoms with Gasteiger partial charge in [-0.25, -0.2) is 5.57 Å². The minimum atomic E-state index is 0. The Bertz CT molecular complexity index is 2260. The van der Waals surface area contributed by atoms with Crippen LogP contribution in [0.5, 0.6) is 0 Å². The first kappa shape index (κ1) is 54.3. The fourth-order valence-electron chi connectivity index (χ4n) is 13.3. The van der Waals surface area contributed by atoms with Gasteiger partial charge in [0.25, 0.3) is 0 Å². The van der Waals surface area contributed by atoms with E-state index < -0.39 is 0 Å². The second-order valence-corrected chi connectivity index (χ2v) is 25.3. The van der Waals surface area contributed by atoms with E-state index in [0.717, 1.165) is 0 Å². The van der Waals surface area contributed by atoms with Crippen molar-refractivity contribution in [2.24, 2.45) is 55.2 Å². The number of hydrogen-bond donors (Lipinski definition) is 0. The van der Waals surface area contributed by atoms with Gasteiger partial charge in [0.05, 0.1) is 0 Å². The number of fused-ring (bicyclic) bond motifs is 8. The van der Waals surface area contributed by atoms with E-state index in [9.17, 15) is 0 Å². The largest absolute Gasteiger partial charge is 1.00 e. The molecular formula is C61H80Cl2Zr-2. The average Bonchev–Trinajstić information content (AvgIpc) is 3.65. The van der Waals surface area contributed by atoms with Crippen LogP contribution >= 0.6 is 0 Å². The molecule has 2 aromatic carbocycles. The summed E-state index contributed by atoms with van der Waals surface area (Å²) < 4.78 is 1.42. The molecule has 9 atom stereocenters. The van der Waals surface area contributed by atoms with Gasteiger partial charge in [-0.05, 0) is 28.6 Å². The predicted molar refractivity (Wildman–Crippen MR) is 267 cm³/mol. The van der Waals surface area contributed by atoms with Crippen molar-refractivity contribution in [2.75, 3.05) is 0 Å². The van der Waals surface area contributed by atoms with Gasteiger partial charge in [-0.2, -0.15) is 11.6 Å². The first-order valence-corrected chi connectivity index (χ1v) is 24.7. The Morgan fingerprint density at radius 1 is 0.578 bits per heavy atom. The number of benzene rings is 2. The topological polar surface area (TPSA) is 0 Å². The molecule has 0 aliphatic heterocycles. The molecule has 8 rings (SSSR count). The normalized spacial score (nSPS) is 35.3. The molecule has 2 aromatic rings. The van der Waals surface area contributed by atoms with Crippen molar-refractivity contribution in [3.8, 4) is 0 Å². The molecule has 6 aliphatic carbocycles. The second kappa shape index (κ2) is 18.0. The van der Waals surface area contributed by atoms with Crippen LogP contribution in [-0.2, 0) is 35.1 Å². The van der Waals surface area contributed by atoms with Crippen LogP contribution in [-0.4, -0.2) is 3.21 Å². The molecule has 6 aliphatic rings. The summed E-state index contributed by atoms with van der Waals surface area (Å²) in [5.74, 6) is 0.977. The van der Waals surface area contributed by atoms with Crippen molar-refractivity contribution in [3.05, 3.63) is 173 Å². The van der Waals surface area contributed by atoms with Crippen molar-refractivity contribution in [1.29, 1.82) is 0 Å². The van der Waals surface area contributed by atoms with Crippen molar-refractivity contribution in [3.63, 3.8) is 0 Å². The predicted octanol–water partition coefficient (Wildman–Crippen LogP) is 10.4. The standard InChI is InChI=1S/C29H37.C21H26.C11H17.2ClH.Zr/c1-21-14-13-15-22-20-27(6)25(4)18-10-9-16-23(25,2)24(3)17-11-12-19-26(24,5)29(27,8)28(21,22)7;1-20(2,3)18-11-7-16(8-12-18)15-17-9-13-19(14-10-17)21(4,5)6;1-8-6-9(2)10(7-8)11(3,4)5;;;/h9-20,22H,1-8H3;7-14H,1-6H3;7-8H,1-5H3;2*1H;/q-1;;-1;;;+2/p-2. The summed E-state index contributed by atoms with van der Waals surface area (Å²) in [6.45, 7) is 44.9. The quantitative estimate of drug-likeness (QED) is 0.263. The van der Waals surface area contributed by atoms with Gasteiger partial charge >= 0.3 is 151 Å². The number of allylic oxidation sites excluding steroid dienone is 16. The molecule has 344 valence electrons. The summed E-state index contributed by atoms with van der Waals surface area (Å²) in [6, 6.07) is 18.1. The van der Waals surface area contributed by atoms with Crippen LogP contribution in [0.2, 0.25) is 0 Å². The van der Waals surface area contributed by atoms with Crippen LogP contribution in [0, 0.1) is 67.7 Å². The summed E-state index contributed by atoms with van der Waals surface area (Å²) in [5, 5.41) is 0. The third-order valence-electron chi connectivity index (χ3n) is 18.2. The molecule has 0 spiro atoms. The summed E-state index contributed by atoms with van der Waals surface area (Å²) in [7, 11) is 0. The molecule has 64 heavy (non-hydrogen) atoms. The van der Waals surface area contributed by atoms with Crippen molar-refractivity contribution >= 4 is 3.21 Å². The molecule has 0 aromatic heterocycles. The molecule has 0 saturated heterocycles. The monoisotopic (exact) mass is 972 g/mol. The number of halogens is 2. The van der Waals surface area contributed by atoms with Crippen LogP contribution < -0.4 is 24.8 Å². The molecule has 0 radical (unpaired) electrons. The Kier molecular flexibility index (Phi) is 15.2. The second-order valence-electron chi connectivity index (χ2n) is 24.1. The van der Waals surface area contributed by atoms with Gasteiger partial charge in [-0.15, -0.1) is 17.4 Å². The molecule has 0 bridgehead atoms. The van der Waals surface area contributed by atoms with Crippen LogP contribution in [0.25, 0.3) is 0 Å². The molecule has 0 N–H and O–H groups in total. The van der Waals surface area contributed by atoms with Gasteiger partial charge in [0.2, 0.25) is 0 Å². The van der Waals surface area contributed by atoms with E-state index in [1.165, 1.54) is 66.4 Å². The molecule has 0 nitrogen and oxygen atoms in total. The summed E-state index contributed by atoms with van der Waals surface area (Å²) >= 11 is 1.46. The zero-order chi connectivity index (χ0) is 46.3. The van der Waals surface area contributed by atoms with Crippen molar-refractivity contribution in [2.45, 2.75) is 142 Å². The molecular weight excluding hydrogens is 895 g/mol. The van der Waals surface area contributed by atoms with Gasteiger partial charge in [0.15, 0.2) is 0 Å². The van der Waals surface area contributed by atoms with Gasteiger partial charge in [-0.3, -0.25) is 6.08 Å². The van der Waals surface area contributed by atoms with E-state index in [1.807, 2.05) is 0 Å². The van der Waals surface area contributed by atoms with E-state index in [-0.39, 0.29) is 73.5 Å². The minimum absolute atomic E-state index is 0. The van der Waals surface area contributed by atoms with E-state index in [0.29, 0.717) is 17.3 Å². The maximum atomic E-state index is 3.40. The van der Waals surface area contributed by atoms with E-state index in [4.69, 9.17) is 0 Å². The SMILES string of the molecule is CC(C)(C)c1ccc([C](=[Zr+2])c2ccc(C(C)(C)C)cc2)cc1.CC1=CC=CC2[CH-]C3(C)C4(C)C=CC=CC4(C)C4(C)C=CC=CC4(C)C3(C)C12C.CC1=[C-]C(C)C=C1C(C)(C)C.[Cl-].[Cl-]. The molecule has 0 amide bonds. The zero-order valence-corrected chi connectivity index (χ0v) is 47.0. The summed E-state index contributed by atoms with van der Waals surface area (Å²) in [4.78, 5) is 0. The molecule has 2 saturated carbocycles. The fourth-order valence-corrected chi connectivity index (χ4v) is 14.2. The Balaban J connectivity index is 0.000000228. The van der Waals surface area contributed by atoms with Crippen LogP contribution in [0.15, 0.2) is 138 Å². The van der Waals surface area contributed by atoms with Crippen LogP contribution in [0.1, 0.15) is 154 Å². The van der Waals surface area contributed by atoms with Crippen LogP contribution in [0.4, 0.5) is 0 Å². The molecule has 9 unspecified atom stereocenters. The van der Waals surface area contributed by atoms with Crippen molar-refractivity contribution in [1.82, 2.24) is 0 Å². The van der Waals surface area contributed by atoms with E-state index >= 15 is 0 Å². The van der Waals surface area contributed by atoms with Crippen LogP contribution in [0.3, 0.4) is 0 Å². The Hall–Kier alpha value is -2.31. The van der Waals surface area contributed by atoms with Gasteiger partial charge in [-0.1, -0.05) is 161 Å². The fraction of sp³-hybridized carbons (Fsp3) is 0.508. The minimum Gasteiger partial charge on any atom is -1.00 e. The van der Waals surface area contributed by atoms with Gasteiger partial charge in [0, 0.05) is 10.8 Å². The molecule has 0 heterocycles. The smallest absolute Gasteiger partial charge is 0.00455 e. The Morgan fingerprint density at radius 2 is 0.984 bits per heavy atom. The summed E-state index contributed by atoms with van der Waals surface area (Å²) in [5.41, 5.74) is 10.7. The number of rotatable bonds is 2. The van der Waals surface area contributed by atoms with E-state index in [1.54, 1.807) is 0 Å². The van der Waals surface area contributed by atoms with Gasteiger partial charge < -0.3 is 31.2 Å². The summed E-state index contributed by atoms with van der Waals surface area (Å²) in [6.07, 6.45) is 35.0. The average molecular weight is 975 g/mol. The van der Waals surface area contributed by atoms with E-state index in [2.05, 4.69) is 265 Å². The third kappa shape index (κ3) is 8.06. The molecule has 3 heteroatoms. The maximum absolute atomic E-state index is 3.40. The molecule has 2 fully saturated rings. The maximum Gasteiger partial charge on any atom is 0.00455 e. The van der Waals surface area contributed by atoms with Crippen molar-refractivity contribution < 1.29 is 49.0 Å². The Morgan fingerprint density at radius 3 is 1.36 bits per heavy atom. The first-order valence-electron chi connectivity index (χ1n) is 23.5. The zero-order valence-electron chi connectivity index (χ0n) is 43.0. The van der Waals surface area contributed by atoms with Gasteiger partial charge in [0.1, 0.15) is 0 Å². The first-order chi connectivity index (χ1) is 28.4. The third-order valence-corrected chi connectivity index (χ3v) is 19.6.